The van der Waals surface area contributed by atoms with E-state index in [1.807, 2.05) is 6.07 Å². The maximum atomic E-state index is 13.6. The van der Waals surface area contributed by atoms with Gasteiger partial charge in [0, 0.05) is 6.04 Å². The molecule has 2 unspecified atom stereocenters. The molecule has 3 nitrogen and oxygen atoms in total. The topological polar surface area (TPSA) is 47.3 Å². The fourth-order valence-electron chi connectivity index (χ4n) is 1.95. The Balaban J connectivity index is 2.79. The van der Waals surface area contributed by atoms with Crippen LogP contribution in [0.15, 0.2) is 18.2 Å². The molecule has 102 valence electrons. The molecule has 0 saturated heterocycles. The number of hydrogen-bond donors (Lipinski definition) is 2. The summed E-state index contributed by atoms with van der Waals surface area (Å²) in [5.74, 6) is 6.46. The predicted octanol–water partition coefficient (Wildman–Crippen LogP) is 2.50. The Morgan fingerprint density at radius 1 is 1.33 bits per heavy atom. The van der Waals surface area contributed by atoms with E-state index in [1.165, 1.54) is 13.2 Å². The first-order chi connectivity index (χ1) is 8.49. The number of nitrogens with two attached hydrogens (primary N) is 1. The second-order valence-electron chi connectivity index (χ2n) is 5.05. The number of rotatable bonds is 6. The van der Waals surface area contributed by atoms with E-state index in [2.05, 4.69) is 26.2 Å². The van der Waals surface area contributed by atoms with Gasteiger partial charge in [-0.2, -0.15) is 0 Å². The van der Waals surface area contributed by atoms with Crippen LogP contribution in [0.25, 0.3) is 0 Å². The lowest BCUT2D eigenvalue weighted by molar-refractivity contribution is 0.299. The molecular formula is C14H23FN2O. The number of halogens is 1. The molecule has 2 atom stereocenters. The molecule has 0 amide bonds. The highest BCUT2D eigenvalue weighted by Gasteiger charge is 2.19. The molecule has 4 heteroatoms. The molecule has 0 spiro atoms. The summed E-state index contributed by atoms with van der Waals surface area (Å²) in [7, 11) is 1.46. The Labute approximate surface area is 108 Å². The molecule has 1 aromatic rings. The summed E-state index contributed by atoms with van der Waals surface area (Å²) < 4.78 is 18.5. The van der Waals surface area contributed by atoms with Gasteiger partial charge in [0.2, 0.25) is 0 Å². The highest BCUT2D eigenvalue weighted by atomic mass is 19.1. The molecule has 3 N–H and O–H groups in total. The molecule has 0 aliphatic rings. The van der Waals surface area contributed by atoms with Crippen molar-refractivity contribution in [3.63, 3.8) is 0 Å². The average Bonchev–Trinajstić information content (AvgIpc) is 2.35. The maximum Gasteiger partial charge on any atom is 0.165 e. The molecule has 0 aromatic heterocycles. The highest BCUT2D eigenvalue weighted by molar-refractivity contribution is 5.29. The van der Waals surface area contributed by atoms with Crippen LogP contribution in [-0.4, -0.2) is 13.2 Å². The van der Waals surface area contributed by atoms with Crippen molar-refractivity contribution in [1.29, 1.82) is 0 Å². The zero-order chi connectivity index (χ0) is 13.7. The summed E-state index contributed by atoms with van der Waals surface area (Å²) in [6.45, 7) is 6.46. The molecule has 0 fully saturated rings. The van der Waals surface area contributed by atoms with Crippen molar-refractivity contribution in [1.82, 2.24) is 5.43 Å². The van der Waals surface area contributed by atoms with E-state index in [4.69, 9.17) is 10.6 Å². The second-order valence-corrected chi connectivity index (χ2v) is 5.05. The molecule has 0 heterocycles. The van der Waals surface area contributed by atoms with Crippen LogP contribution in [0.5, 0.6) is 5.75 Å². The number of ether oxygens (including phenoxy) is 1. The van der Waals surface area contributed by atoms with E-state index in [9.17, 15) is 4.39 Å². The normalized spacial score (nSPS) is 14.6. The van der Waals surface area contributed by atoms with Crippen LogP contribution >= 0.6 is 0 Å². The van der Waals surface area contributed by atoms with Crippen molar-refractivity contribution in [2.75, 3.05) is 7.11 Å². The number of hydrazine groups is 1. The lowest BCUT2D eigenvalue weighted by Gasteiger charge is -2.26. The molecular weight excluding hydrogens is 231 g/mol. The van der Waals surface area contributed by atoms with Crippen molar-refractivity contribution >= 4 is 0 Å². The summed E-state index contributed by atoms with van der Waals surface area (Å²) in [5, 5.41) is 0. The minimum absolute atomic E-state index is 0.137. The lowest BCUT2D eigenvalue weighted by atomic mass is 9.87. The van der Waals surface area contributed by atoms with Gasteiger partial charge >= 0.3 is 0 Å². The fraction of sp³-hybridized carbons (Fsp3) is 0.571. The Hall–Kier alpha value is -1.13. The van der Waals surface area contributed by atoms with Crippen LogP contribution in [0.4, 0.5) is 4.39 Å². The molecule has 0 aliphatic carbocycles. The van der Waals surface area contributed by atoms with E-state index < -0.39 is 0 Å². The maximum absolute atomic E-state index is 13.6. The fourth-order valence-corrected chi connectivity index (χ4v) is 1.95. The predicted molar refractivity (Wildman–Crippen MR) is 71.8 cm³/mol. The van der Waals surface area contributed by atoms with Crippen molar-refractivity contribution in [2.24, 2.45) is 17.7 Å². The Morgan fingerprint density at radius 3 is 2.44 bits per heavy atom. The summed E-state index contributed by atoms with van der Waals surface area (Å²) in [4.78, 5) is 0. The third-order valence-electron chi connectivity index (χ3n) is 3.57. The average molecular weight is 254 g/mol. The largest absolute Gasteiger partial charge is 0.494 e. The van der Waals surface area contributed by atoms with Crippen molar-refractivity contribution in [3.05, 3.63) is 29.6 Å². The van der Waals surface area contributed by atoms with Gasteiger partial charge in [-0.15, -0.1) is 0 Å². The summed E-state index contributed by atoms with van der Waals surface area (Å²) >= 11 is 0. The minimum Gasteiger partial charge on any atom is -0.494 e. The quantitative estimate of drug-likeness (QED) is 0.605. The first-order valence-electron chi connectivity index (χ1n) is 6.28. The van der Waals surface area contributed by atoms with Gasteiger partial charge in [0.15, 0.2) is 11.6 Å². The highest BCUT2D eigenvalue weighted by Crippen LogP contribution is 2.21. The first-order valence-corrected chi connectivity index (χ1v) is 6.28. The SMILES string of the molecule is COc1ccc(CC(NN)C(C)C(C)C)cc1F. The number of hydrogen-bond acceptors (Lipinski definition) is 3. The summed E-state index contributed by atoms with van der Waals surface area (Å²) in [6, 6.07) is 5.17. The van der Waals surface area contributed by atoms with Gasteiger partial charge in [-0.3, -0.25) is 11.3 Å². The smallest absolute Gasteiger partial charge is 0.165 e. The zero-order valence-electron chi connectivity index (χ0n) is 11.5. The van der Waals surface area contributed by atoms with Gasteiger partial charge in [0.25, 0.3) is 0 Å². The molecule has 1 rings (SSSR count). The van der Waals surface area contributed by atoms with E-state index in [0.29, 0.717) is 18.3 Å². The van der Waals surface area contributed by atoms with Crippen LogP contribution in [0, 0.1) is 17.7 Å². The van der Waals surface area contributed by atoms with Gasteiger partial charge in [-0.05, 0) is 36.0 Å². The monoisotopic (exact) mass is 254 g/mol. The van der Waals surface area contributed by atoms with Gasteiger partial charge in [0.1, 0.15) is 0 Å². The second kappa shape index (κ2) is 6.71. The van der Waals surface area contributed by atoms with Crippen LogP contribution in [0.3, 0.4) is 0 Å². The van der Waals surface area contributed by atoms with Gasteiger partial charge in [0.05, 0.1) is 7.11 Å². The first kappa shape index (κ1) is 14.9. The molecule has 0 aliphatic heterocycles. The van der Waals surface area contributed by atoms with E-state index in [0.717, 1.165) is 5.56 Å². The molecule has 1 aromatic carbocycles. The Kier molecular flexibility index (Phi) is 5.56. The van der Waals surface area contributed by atoms with E-state index in [-0.39, 0.29) is 17.6 Å². The molecule has 0 bridgehead atoms. The van der Waals surface area contributed by atoms with Gasteiger partial charge in [-0.1, -0.05) is 26.8 Å². The number of methoxy groups -OCH3 is 1. The number of benzene rings is 1. The van der Waals surface area contributed by atoms with Gasteiger partial charge in [-0.25, -0.2) is 4.39 Å². The molecule has 0 saturated carbocycles. The zero-order valence-corrected chi connectivity index (χ0v) is 11.5. The standard InChI is InChI=1S/C14H23FN2O/c1-9(2)10(3)13(17-16)8-11-5-6-14(18-4)12(15)7-11/h5-7,9-10,13,17H,8,16H2,1-4H3. The molecule has 0 radical (unpaired) electrons. The summed E-state index contributed by atoms with van der Waals surface area (Å²) in [6.07, 6.45) is 0.705. The van der Waals surface area contributed by atoms with Crippen LogP contribution < -0.4 is 16.0 Å². The van der Waals surface area contributed by atoms with Gasteiger partial charge < -0.3 is 4.74 Å². The third kappa shape index (κ3) is 3.68. The van der Waals surface area contributed by atoms with Crippen molar-refractivity contribution in [3.8, 4) is 5.75 Å². The molecule has 18 heavy (non-hydrogen) atoms. The van der Waals surface area contributed by atoms with Crippen molar-refractivity contribution < 1.29 is 9.13 Å². The minimum atomic E-state index is -0.331. The summed E-state index contributed by atoms with van der Waals surface area (Å²) in [5.41, 5.74) is 3.75. The van der Waals surface area contributed by atoms with Crippen LogP contribution in [0.1, 0.15) is 26.3 Å². The van der Waals surface area contributed by atoms with Crippen LogP contribution in [0.2, 0.25) is 0 Å². The Morgan fingerprint density at radius 2 is 2.00 bits per heavy atom. The van der Waals surface area contributed by atoms with E-state index >= 15 is 0 Å². The van der Waals surface area contributed by atoms with E-state index in [1.54, 1.807) is 6.07 Å². The lowest BCUT2D eigenvalue weighted by Crippen LogP contribution is -2.43. The number of nitrogens with one attached hydrogen (secondary N) is 1. The van der Waals surface area contributed by atoms with Crippen molar-refractivity contribution in [2.45, 2.75) is 33.2 Å². The third-order valence-corrected chi connectivity index (χ3v) is 3.57. The van der Waals surface area contributed by atoms with Crippen LogP contribution in [-0.2, 0) is 6.42 Å². The Bertz CT molecular complexity index is 382.